The lowest BCUT2D eigenvalue weighted by Gasteiger charge is -2.20. The van der Waals surface area contributed by atoms with Gasteiger partial charge < -0.3 is 15.6 Å². The fourth-order valence-corrected chi connectivity index (χ4v) is 2.98. The van der Waals surface area contributed by atoms with E-state index in [-0.39, 0.29) is 23.3 Å². The first-order chi connectivity index (χ1) is 11.1. The average Bonchev–Trinajstić information content (AvgIpc) is 2.56. The van der Waals surface area contributed by atoms with Crippen LogP contribution in [0.4, 0.5) is 10.5 Å². The van der Waals surface area contributed by atoms with Crippen molar-refractivity contribution in [1.29, 1.82) is 0 Å². The number of pyridine rings is 1. The molecule has 1 aromatic carbocycles. The highest BCUT2D eigenvalue weighted by atomic mass is 16.2. The maximum Gasteiger partial charge on any atom is 0.319 e. The summed E-state index contributed by atoms with van der Waals surface area (Å²) in [6, 6.07) is 9.17. The molecule has 0 unspecified atom stereocenters. The lowest BCUT2D eigenvalue weighted by Crippen LogP contribution is -2.33. The summed E-state index contributed by atoms with van der Waals surface area (Å²) in [5.74, 6) is 0. The molecule has 1 atom stereocenters. The van der Waals surface area contributed by atoms with Gasteiger partial charge in [0.25, 0.3) is 5.56 Å². The van der Waals surface area contributed by atoms with Crippen LogP contribution in [0.15, 0.2) is 41.3 Å². The number of nitrogens with one attached hydrogen (secondary N) is 3. The van der Waals surface area contributed by atoms with Gasteiger partial charge in [-0.2, -0.15) is 0 Å². The van der Waals surface area contributed by atoms with Crippen LogP contribution in [-0.4, -0.2) is 11.0 Å². The molecule has 0 saturated heterocycles. The van der Waals surface area contributed by atoms with Gasteiger partial charge in [-0.1, -0.05) is 18.2 Å². The monoisotopic (exact) mass is 311 g/mol. The highest BCUT2D eigenvalue weighted by Gasteiger charge is 2.14. The molecular formula is C18H21N3O2. The minimum Gasteiger partial charge on any atom is -0.331 e. The Morgan fingerprint density at radius 1 is 1.17 bits per heavy atom. The Bertz CT molecular complexity index is 767. The van der Waals surface area contributed by atoms with Gasteiger partial charge in [0.15, 0.2) is 0 Å². The van der Waals surface area contributed by atoms with Gasteiger partial charge in [-0.3, -0.25) is 4.79 Å². The van der Waals surface area contributed by atoms with Crippen LogP contribution in [0.3, 0.4) is 0 Å². The third-order valence-corrected chi connectivity index (χ3v) is 4.29. The number of rotatable bonds is 3. The van der Waals surface area contributed by atoms with Crippen molar-refractivity contribution >= 4 is 11.7 Å². The Labute approximate surface area is 135 Å². The standard InChI is InChI=1S/C18H21N3O2/c1-12(14-9-8-13-5-2-3-6-15(13)11-14)20-18(23)21-16-7-4-10-19-17(16)22/h4,7-12H,2-3,5-6H2,1H3,(H,19,22)(H2,20,21,23)/t12-/m1/s1. The molecule has 3 N–H and O–H groups in total. The molecule has 2 aromatic rings. The summed E-state index contributed by atoms with van der Waals surface area (Å²) >= 11 is 0. The van der Waals surface area contributed by atoms with E-state index >= 15 is 0 Å². The molecule has 0 saturated carbocycles. The molecular weight excluding hydrogens is 290 g/mol. The van der Waals surface area contributed by atoms with Gasteiger partial charge >= 0.3 is 6.03 Å². The normalized spacial score (nSPS) is 14.7. The lowest BCUT2D eigenvalue weighted by molar-refractivity contribution is 0.249. The molecule has 1 heterocycles. The van der Waals surface area contributed by atoms with Gasteiger partial charge in [-0.05, 0) is 61.4 Å². The maximum absolute atomic E-state index is 12.1. The van der Waals surface area contributed by atoms with Crippen LogP contribution in [0.5, 0.6) is 0 Å². The Balaban J connectivity index is 1.67. The highest BCUT2D eigenvalue weighted by molar-refractivity contribution is 5.89. The minimum atomic E-state index is -0.382. The SMILES string of the molecule is C[C@@H](NC(=O)Nc1ccc[nH]c1=O)c1ccc2c(c1)CCCC2. The molecule has 1 aliphatic rings. The summed E-state index contributed by atoms with van der Waals surface area (Å²) in [5.41, 5.74) is 3.82. The summed E-state index contributed by atoms with van der Waals surface area (Å²) in [6.07, 6.45) is 6.28. The summed E-state index contributed by atoms with van der Waals surface area (Å²) in [7, 11) is 0. The van der Waals surface area contributed by atoms with Gasteiger partial charge in [0.1, 0.15) is 5.69 Å². The van der Waals surface area contributed by atoms with Crippen LogP contribution in [0.25, 0.3) is 0 Å². The number of hydrogen-bond donors (Lipinski definition) is 3. The van der Waals surface area contributed by atoms with Crippen LogP contribution in [0.1, 0.15) is 42.5 Å². The third kappa shape index (κ3) is 3.62. The number of urea groups is 1. The Hall–Kier alpha value is -2.56. The fraction of sp³-hybridized carbons (Fsp3) is 0.333. The predicted octanol–water partition coefficient (Wildman–Crippen LogP) is 3.14. The van der Waals surface area contributed by atoms with Crippen LogP contribution in [0.2, 0.25) is 0 Å². The van der Waals surface area contributed by atoms with Crippen molar-refractivity contribution in [3.8, 4) is 0 Å². The summed E-state index contributed by atoms with van der Waals surface area (Å²) in [4.78, 5) is 26.2. The van der Waals surface area contributed by atoms with Crippen molar-refractivity contribution in [3.05, 3.63) is 63.6 Å². The second-order valence-corrected chi connectivity index (χ2v) is 5.97. The highest BCUT2D eigenvalue weighted by Crippen LogP contribution is 2.24. The molecule has 0 bridgehead atoms. The van der Waals surface area contributed by atoms with E-state index in [9.17, 15) is 9.59 Å². The molecule has 0 fully saturated rings. The van der Waals surface area contributed by atoms with Gasteiger partial charge in [-0.25, -0.2) is 4.79 Å². The molecule has 0 spiro atoms. The number of aromatic amines is 1. The summed E-state index contributed by atoms with van der Waals surface area (Å²) in [6.45, 7) is 1.94. The van der Waals surface area contributed by atoms with E-state index in [0.29, 0.717) is 0 Å². The van der Waals surface area contributed by atoms with Crippen molar-refractivity contribution in [2.24, 2.45) is 0 Å². The van der Waals surface area contributed by atoms with Gasteiger partial charge in [0.2, 0.25) is 0 Å². The number of benzene rings is 1. The number of anilines is 1. The fourth-order valence-electron chi connectivity index (χ4n) is 2.98. The molecule has 1 aromatic heterocycles. The number of hydrogen-bond acceptors (Lipinski definition) is 2. The van der Waals surface area contributed by atoms with E-state index < -0.39 is 0 Å². The first kappa shape index (κ1) is 15.3. The second kappa shape index (κ2) is 6.69. The first-order valence-electron chi connectivity index (χ1n) is 8.00. The molecule has 5 heteroatoms. The molecule has 120 valence electrons. The van der Waals surface area contributed by atoms with Crippen molar-refractivity contribution in [1.82, 2.24) is 10.3 Å². The zero-order valence-electron chi connectivity index (χ0n) is 13.2. The molecule has 5 nitrogen and oxygen atoms in total. The average molecular weight is 311 g/mol. The van der Waals surface area contributed by atoms with Crippen LogP contribution >= 0.6 is 0 Å². The Kier molecular flexibility index (Phi) is 4.46. The molecule has 0 radical (unpaired) electrons. The zero-order chi connectivity index (χ0) is 16.2. The van der Waals surface area contributed by atoms with E-state index in [2.05, 4.69) is 33.8 Å². The van der Waals surface area contributed by atoms with E-state index in [0.717, 1.165) is 18.4 Å². The quantitative estimate of drug-likeness (QED) is 0.814. The number of fused-ring (bicyclic) bond motifs is 1. The van der Waals surface area contributed by atoms with Crippen molar-refractivity contribution in [2.75, 3.05) is 5.32 Å². The van der Waals surface area contributed by atoms with Crippen molar-refractivity contribution < 1.29 is 4.79 Å². The Morgan fingerprint density at radius 2 is 1.96 bits per heavy atom. The second-order valence-electron chi connectivity index (χ2n) is 5.97. The summed E-state index contributed by atoms with van der Waals surface area (Å²) < 4.78 is 0. The maximum atomic E-state index is 12.1. The lowest BCUT2D eigenvalue weighted by atomic mass is 9.89. The minimum absolute atomic E-state index is 0.120. The zero-order valence-corrected chi connectivity index (χ0v) is 13.2. The van der Waals surface area contributed by atoms with Crippen LogP contribution in [-0.2, 0) is 12.8 Å². The smallest absolute Gasteiger partial charge is 0.319 e. The van der Waals surface area contributed by atoms with Gasteiger partial charge in [0.05, 0.1) is 6.04 Å². The van der Waals surface area contributed by atoms with Gasteiger partial charge in [-0.15, -0.1) is 0 Å². The molecule has 23 heavy (non-hydrogen) atoms. The number of amides is 2. The number of carbonyl (C=O) groups excluding carboxylic acids is 1. The van der Waals surface area contributed by atoms with E-state index in [4.69, 9.17) is 0 Å². The largest absolute Gasteiger partial charge is 0.331 e. The van der Waals surface area contributed by atoms with E-state index in [1.54, 1.807) is 12.1 Å². The first-order valence-corrected chi connectivity index (χ1v) is 8.00. The molecule has 3 rings (SSSR count). The third-order valence-electron chi connectivity index (χ3n) is 4.29. The van der Waals surface area contributed by atoms with Gasteiger partial charge in [0, 0.05) is 6.20 Å². The summed E-state index contributed by atoms with van der Waals surface area (Å²) in [5, 5.41) is 5.46. The number of carbonyl (C=O) groups is 1. The number of H-pyrrole nitrogens is 1. The predicted molar refractivity (Wildman–Crippen MR) is 90.7 cm³/mol. The van der Waals surface area contributed by atoms with Crippen molar-refractivity contribution in [3.63, 3.8) is 0 Å². The van der Waals surface area contributed by atoms with Crippen LogP contribution < -0.4 is 16.2 Å². The molecule has 0 aliphatic heterocycles. The van der Waals surface area contributed by atoms with E-state index in [1.165, 1.54) is 30.2 Å². The Morgan fingerprint density at radius 3 is 2.74 bits per heavy atom. The topological polar surface area (TPSA) is 74.0 Å². The number of aryl methyl sites for hydroxylation is 2. The molecule has 2 amide bonds. The van der Waals surface area contributed by atoms with Crippen LogP contribution in [0, 0.1) is 0 Å². The molecule has 1 aliphatic carbocycles. The van der Waals surface area contributed by atoms with E-state index in [1.807, 2.05) is 6.92 Å². The number of aromatic nitrogens is 1. The van der Waals surface area contributed by atoms with Crippen molar-refractivity contribution in [2.45, 2.75) is 38.6 Å².